The van der Waals surface area contributed by atoms with Crippen LogP contribution in [0.15, 0.2) is 72.8 Å². The average Bonchev–Trinajstić information content (AvgIpc) is 2.61. The van der Waals surface area contributed by atoms with Crippen molar-refractivity contribution in [1.82, 2.24) is 0 Å². The first kappa shape index (κ1) is 16.6. The van der Waals surface area contributed by atoms with E-state index in [4.69, 9.17) is 23.2 Å². The first-order chi connectivity index (χ1) is 11.6. The minimum atomic E-state index is -0.0131. The van der Waals surface area contributed by atoms with E-state index in [2.05, 4.69) is 5.32 Å². The van der Waals surface area contributed by atoms with Crippen LogP contribution in [0.4, 0.5) is 5.69 Å². The van der Waals surface area contributed by atoms with E-state index in [0.29, 0.717) is 27.7 Å². The van der Waals surface area contributed by atoms with Gasteiger partial charge in [-0.1, -0.05) is 71.7 Å². The fourth-order valence-corrected chi connectivity index (χ4v) is 2.91. The number of nitrogens with one attached hydrogen (secondary N) is 1. The molecule has 0 spiro atoms. The second-order valence-electron chi connectivity index (χ2n) is 5.33. The number of benzene rings is 3. The van der Waals surface area contributed by atoms with Gasteiger partial charge in [-0.2, -0.15) is 0 Å². The molecule has 0 heterocycles. The van der Waals surface area contributed by atoms with Gasteiger partial charge in [0.05, 0.1) is 0 Å². The van der Waals surface area contributed by atoms with Crippen LogP contribution in [0.2, 0.25) is 10.0 Å². The van der Waals surface area contributed by atoms with Crippen LogP contribution in [0.1, 0.15) is 21.5 Å². The Hall–Kier alpha value is -2.29. The van der Waals surface area contributed by atoms with Crippen molar-refractivity contribution in [2.75, 3.05) is 5.32 Å². The summed E-state index contributed by atoms with van der Waals surface area (Å²) in [7, 11) is 0. The molecule has 0 unspecified atom stereocenters. The third-order valence-electron chi connectivity index (χ3n) is 3.69. The van der Waals surface area contributed by atoms with Crippen molar-refractivity contribution in [3.63, 3.8) is 0 Å². The summed E-state index contributed by atoms with van der Waals surface area (Å²) in [4.78, 5) is 12.7. The normalized spacial score (nSPS) is 10.4. The molecular weight excluding hydrogens is 341 g/mol. The van der Waals surface area contributed by atoms with Crippen LogP contribution >= 0.6 is 23.2 Å². The molecule has 0 atom stereocenters. The molecule has 0 radical (unpaired) electrons. The number of carbonyl (C=O) groups is 1. The highest BCUT2D eigenvalue weighted by Crippen LogP contribution is 2.24. The minimum absolute atomic E-state index is 0.0131. The van der Waals surface area contributed by atoms with Crippen LogP contribution < -0.4 is 5.32 Å². The van der Waals surface area contributed by atoms with Crippen LogP contribution in [0.3, 0.4) is 0 Å². The molecule has 3 aromatic rings. The summed E-state index contributed by atoms with van der Waals surface area (Å²) in [6.07, 6.45) is 0. The fraction of sp³-hybridized carbons (Fsp3) is 0.0500. The van der Waals surface area contributed by atoms with Crippen LogP contribution in [0, 0.1) is 0 Å². The standard InChI is InChI=1S/C20H15Cl2NO/c21-16-11-10-15(18(22)12-16)13-23-19-9-5-4-8-17(19)20(24)14-6-2-1-3-7-14/h1-12,23H,13H2. The van der Waals surface area contributed by atoms with Gasteiger partial charge in [-0.05, 0) is 29.8 Å². The Morgan fingerprint density at radius 1 is 0.875 bits per heavy atom. The van der Waals surface area contributed by atoms with Crippen molar-refractivity contribution in [1.29, 1.82) is 0 Å². The zero-order valence-corrected chi connectivity index (χ0v) is 14.3. The molecule has 4 heteroatoms. The quantitative estimate of drug-likeness (QED) is 0.582. The maximum absolute atomic E-state index is 12.7. The third kappa shape index (κ3) is 3.78. The molecule has 0 aliphatic rings. The van der Waals surface area contributed by atoms with Gasteiger partial charge < -0.3 is 5.32 Å². The van der Waals surface area contributed by atoms with Crippen molar-refractivity contribution >= 4 is 34.7 Å². The van der Waals surface area contributed by atoms with Gasteiger partial charge in [-0.3, -0.25) is 4.79 Å². The summed E-state index contributed by atoms with van der Waals surface area (Å²) in [5.41, 5.74) is 2.99. The Morgan fingerprint density at radius 2 is 1.58 bits per heavy atom. The number of hydrogen-bond donors (Lipinski definition) is 1. The van der Waals surface area contributed by atoms with Gasteiger partial charge in [0.25, 0.3) is 0 Å². The molecule has 0 fully saturated rings. The van der Waals surface area contributed by atoms with Gasteiger partial charge in [-0.25, -0.2) is 0 Å². The van der Waals surface area contributed by atoms with Crippen LogP contribution in [-0.4, -0.2) is 5.78 Å². The Kier molecular flexibility index (Phi) is 5.19. The topological polar surface area (TPSA) is 29.1 Å². The molecule has 0 saturated heterocycles. The second-order valence-corrected chi connectivity index (χ2v) is 6.17. The third-order valence-corrected chi connectivity index (χ3v) is 4.28. The summed E-state index contributed by atoms with van der Waals surface area (Å²) in [6, 6.07) is 22.1. The van der Waals surface area contributed by atoms with Gasteiger partial charge in [-0.15, -0.1) is 0 Å². The number of carbonyl (C=O) groups excluding carboxylic acids is 1. The summed E-state index contributed by atoms with van der Waals surface area (Å²) in [5, 5.41) is 4.49. The second kappa shape index (κ2) is 7.52. The lowest BCUT2D eigenvalue weighted by molar-refractivity contribution is 0.103. The van der Waals surface area contributed by atoms with E-state index < -0.39 is 0 Å². The Morgan fingerprint density at radius 3 is 2.33 bits per heavy atom. The molecule has 0 bridgehead atoms. The molecule has 0 amide bonds. The van der Waals surface area contributed by atoms with Gasteiger partial charge in [0.2, 0.25) is 0 Å². The van der Waals surface area contributed by atoms with E-state index in [-0.39, 0.29) is 5.78 Å². The number of anilines is 1. The lowest BCUT2D eigenvalue weighted by Crippen LogP contribution is -2.08. The maximum atomic E-state index is 12.7. The summed E-state index contributed by atoms with van der Waals surface area (Å²) >= 11 is 12.1. The van der Waals surface area contributed by atoms with E-state index in [1.807, 2.05) is 60.7 Å². The van der Waals surface area contributed by atoms with Crippen LogP contribution in [0.25, 0.3) is 0 Å². The zero-order valence-electron chi connectivity index (χ0n) is 12.8. The predicted molar refractivity (Wildman–Crippen MR) is 100 cm³/mol. The van der Waals surface area contributed by atoms with Crippen molar-refractivity contribution in [2.24, 2.45) is 0 Å². The van der Waals surface area contributed by atoms with Crippen molar-refractivity contribution < 1.29 is 4.79 Å². The van der Waals surface area contributed by atoms with Crippen molar-refractivity contribution in [3.05, 3.63) is 99.5 Å². The Bertz CT molecular complexity index is 863. The molecule has 120 valence electrons. The predicted octanol–water partition coefficient (Wildman–Crippen LogP) is 5.84. The van der Waals surface area contributed by atoms with Gasteiger partial charge in [0, 0.05) is 33.4 Å². The molecule has 1 N–H and O–H groups in total. The molecule has 24 heavy (non-hydrogen) atoms. The molecule has 0 saturated carbocycles. The van der Waals surface area contributed by atoms with Gasteiger partial charge >= 0.3 is 0 Å². The molecule has 0 aromatic heterocycles. The lowest BCUT2D eigenvalue weighted by atomic mass is 10.0. The largest absolute Gasteiger partial charge is 0.380 e. The first-order valence-corrected chi connectivity index (χ1v) is 8.27. The number of rotatable bonds is 5. The minimum Gasteiger partial charge on any atom is -0.380 e. The summed E-state index contributed by atoms with van der Waals surface area (Å²) in [5.74, 6) is -0.0131. The van der Waals surface area contributed by atoms with Crippen LogP contribution in [0.5, 0.6) is 0 Å². The fourth-order valence-electron chi connectivity index (χ4n) is 2.44. The SMILES string of the molecule is O=C(c1ccccc1)c1ccccc1NCc1ccc(Cl)cc1Cl. The average molecular weight is 356 g/mol. The van der Waals surface area contributed by atoms with Crippen molar-refractivity contribution in [3.8, 4) is 0 Å². The van der Waals surface area contributed by atoms with E-state index in [9.17, 15) is 4.79 Å². The van der Waals surface area contributed by atoms with E-state index >= 15 is 0 Å². The smallest absolute Gasteiger partial charge is 0.195 e. The highest BCUT2D eigenvalue weighted by atomic mass is 35.5. The molecule has 0 aliphatic carbocycles. The Labute approximate surface area is 151 Å². The summed E-state index contributed by atoms with van der Waals surface area (Å²) in [6.45, 7) is 0.509. The van der Waals surface area contributed by atoms with Crippen LogP contribution in [-0.2, 0) is 6.54 Å². The number of para-hydroxylation sites is 1. The van der Waals surface area contributed by atoms with E-state index in [1.165, 1.54) is 0 Å². The lowest BCUT2D eigenvalue weighted by Gasteiger charge is -2.12. The van der Waals surface area contributed by atoms with E-state index in [1.54, 1.807) is 12.1 Å². The monoisotopic (exact) mass is 355 g/mol. The van der Waals surface area contributed by atoms with Gasteiger partial charge in [0.1, 0.15) is 0 Å². The zero-order chi connectivity index (χ0) is 16.9. The molecule has 3 aromatic carbocycles. The molecule has 0 aliphatic heterocycles. The molecular formula is C20H15Cl2NO. The Balaban J connectivity index is 1.83. The van der Waals surface area contributed by atoms with Gasteiger partial charge in [0.15, 0.2) is 5.78 Å². The number of ketones is 1. The summed E-state index contributed by atoms with van der Waals surface area (Å²) < 4.78 is 0. The number of halogens is 2. The highest BCUT2D eigenvalue weighted by molar-refractivity contribution is 6.35. The molecule has 3 rings (SSSR count). The highest BCUT2D eigenvalue weighted by Gasteiger charge is 2.13. The first-order valence-electron chi connectivity index (χ1n) is 7.52. The van der Waals surface area contributed by atoms with E-state index in [0.717, 1.165) is 11.3 Å². The maximum Gasteiger partial charge on any atom is 0.195 e. The van der Waals surface area contributed by atoms with Crippen molar-refractivity contribution in [2.45, 2.75) is 6.54 Å². The molecule has 2 nitrogen and oxygen atoms in total. The number of hydrogen-bond acceptors (Lipinski definition) is 2.